The van der Waals surface area contributed by atoms with E-state index < -0.39 is 0 Å². The maximum Gasteiger partial charge on any atom is 0.0535 e. The molecule has 0 saturated heterocycles. The van der Waals surface area contributed by atoms with Crippen LogP contribution in [-0.4, -0.2) is 10.2 Å². The second-order valence-corrected chi connectivity index (χ2v) is 5.63. The summed E-state index contributed by atoms with van der Waals surface area (Å²) in [5.74, 6) is 0.801. The SMILES string of the molecule is Cc1ccc(C(NCc2cn[nH]c2C)C2CC2)cc1.Cl. The summed E-state index contributed by atoms with van der Waals surface area (Å²) in [6.07, 6.45) is 4.60. The normalized spacial score (nSPS) is 15.7. The molecule has 1 aliphatic rings. The molecule has 1 heterocycles. The molecule has 1 saturated carbocycles. The summed E-state index contributed by atoms with van der Waals surface area (Å²) in [5, 5.41) is 10.8. The molecule has 1 atom stereocenters. The highest BCUT2D eigenvalue weighted by molar-refractivity contribution is 5.85. The quantitative estimate of drug-likeness (QED) is 0.882. The minimum Gasteiger partial charge on any atom is -0.305 e. The molecule has 2 aromatic rings. The summed E-state index contributed by atoms with van der Waals surface area (Å²) in [5.41, 5.74) is 5.15. The Bertz CT molecular complexity index is 543. The zero-order valence-electron chi connectivity index (χ0n) is 12.0. The van der Waals surface area contributed by atoms with Crippen LogP contribution in [0.3, 0.4) is 0 Å². The number of aromatic nitrogens is 2. The largest absolute Gasteiger partial charge is 0.305 e. The number of nitrogens with zero attached hydrogens (tertiary/aromatic N) is 1. The van der Waals surface area contributed by atoms with Crippen LogP contribution in [0, 0.1) is 19.8 Å². The highest BCUT2D eigenvalue weighted by Crippen LogP contribution is 2.41. The minimum atomic E-state index is 0. The fourth-order valence-electron chi connectivity index (χ4n) is 2.53. The van der Waals surface area contributed by atoms with Crippen molar-refractivity contribution in [3.8, 4) is 0 Å². The predicted molar refractivity (Wildman–Crippen MR) is 84.1 cm³/mol. The van der Waals surface area contributed by atoms with Crippen molar-refractivity contribution in [2.45, 2.75) is 39.3 Å². The molecule has 1 aromatic heterocycles. The maximum atomic E-state index is 4.08. The number of halogens is 1. The van der Waals surface area contributed by atoms with E-state index in [1.54, 1.807) is 0 Å². The van der Waals surface area contributed by atoms with Gasteiger partial charge in [-0.25, -0.2) is 0 Å². The van der Waals surface area contributed by atoms with E-state index in [2.05, 4.69) is 53.6 Å². The molecule has 3 rings (SSSR count). The van der Waals surface area contributed by atoms with Crippen molar-refractivity contribution in [3.05, 3.63) is 52.8 Å². The van der Waals surface area contributed by atoms with Crippen LogP contribution >= 0.6 is 12.4 Å². The number of benzene rings is 1. The Morgan fingerprint density at radius 1 is 1.25 bits per heavy atom. The number of hydrogen-bond donors (Lipinski definition) is 2. The zero-order chi connectivity index (χ0) is 13.2. The topological polar surface area (TPSA) is 40.7 Å². The molecular weight excluding hydrogens is 270 g/mol. The monoisotopic (exact) mass is 291 g/mol. The average Bonchev–Trinajstić information content (AvgIpc) is 3.16. The number of nitrogens with one attached hydrogen (secondary N) is 2. The first-order valence-corrected chi connectivity index (χ1v) is 7.03. The second-order valence-electron chi connectivity index (χ2n) is 5.63. The molecule has 4 heteroatoms. The smallest absolute Gasteiger partial charge is 0.0535 e. The van der Waals surface area contributed by atoms with E-state index in [1.807, 2.05) is 6.20 Å². The molecule has 0 spiro atoms. The van der Waals surface area contributed by atoms with Gasteiger partial charge >= 0.3 is 0 Å². The summed E-state index contributed by atoms with van der Waals surface area (Å²) in [7, 11) is 0. The summed E-state index contributed by atoms with van der Waals surface area (Å²) in [6, 6.07) is 9.40. The number of hydrogen-bond acceptors (Lipinski definition) is 2. The van der Waals surface area contributed by atoms with Crippen LogP contribution in [0.4, 0.5) is 0 Å². The summed E-state index contributed by atoms with van der Waals surface area (Å²) < 4.78 is 0. The second kappa shape index (κ2) is 6.42. The Morgan fingerprint density at radius 2 is 1.95 bits per heavy atom. The van der Waals surface area contributed by atoms with Gasteiger partial charge in [0.15, 0.2) is 0 Å². The molecule has 1 aliphatic carbocycles. The standard InChI is InChI=1S/C16H21N3.ClH/c1-11-3-5-13(6-4-11)16(14-7-8-14)17-9-15-10-18-19-12(15)2;/h3-6,10,14,16-17H,7-9H2,1-2H3,(H,18,19);1H. The van der Waals surface area contributed by atoms with E-state index in [0.29, 0.717) is 6.04 Å². The fraction of sp³-hybridized carbons (Fsp3) is 0.438. The molecule has 20 heavy (non-hydrogen) atoms. The van der Waals surface area contributed by atoms with E-state index >= 15 is 0 Å². The van der Waals surface area contributed by atoms with Gasteiger partial charge in [-0.2, -0.15) is 5.10 Å². The molecule has 0 bridgehead atoms. The average molecular weight is 292 g/mol. The van der Waals surface area contributed by atoms with E-state index in [1.165, 1.54) is 29.5 Å². The summed E-state index contributed by atoms with van der Waals surface area (Å²) in [6.45, 7) is 5.09. The molecular formula is C16H22ClN3. The molecule has 0 amide bonds. The first-order chi connectivity index (χ1) is 9.24. The van der Waals surface area contributed by atoms with E-state index in [9.17, 15) is 0 Å². The summed E-state index contributed by atoms with van der Waals surface area (Å²) >= 11 is 0. The fourth-order valence-corrected chi connectivity index (χ4v) is 2.53. The molecule has 1 unspecified atom stereocenters. The highest BCUT2D eigenvalue weighted by Gasteiger charge is 2.31. The molecule has 0 radical (unpaired) electrons. The third kappa shape index (κ3) is 3.41. The van der Waals surface area contributed by atoms with Crippen LogP contribution in [0.1, 0.15) is 41.3 Å². The Kier molecular flexibility index (Phi) is 4.84. The van der Waals surface area contributed by atoms with Crippen molar-refractivity contribution in [3.63, 3.8) is 0 Å². The Morgan fingerprint density at radius 3 is 2.50 bits per heavy atom. The lowest BCUT2D eigenvalue weighted by Gasteiger charge is -2.19. The van der Waals surface area contributed by atoms with Crippen LogP contribution in [0.25, 0.3) is 0 Å². The predicted octanol–water partition coefficient (Wildman–Crippen LogP) is 3.69. The van der Waals surface area contributed by atoms with Crippen molar-refractivity contribution in [1.29, 1.82) is 0 Å². The van der Waals surface area contributed by atoms with Crippen molar-refractivity contribution in [2.75, 3.05) is 0 Å². The van der Waals surface area contributed by atoms with Gasteiger partial charge in [0.1, 0.15) is 0 Å². The Labute approximate surface area is 126 Å². The zero-order valence-corrected chi connectivity index (χ0v) is 12.8. The van der Waals surface area contributed by atoms with Gasteiger partial charge in [-0.1, -0.05) is 29.8 Å². The lowest BCUT2D eigenvalue weighted by atomic mass is 10.0. The third-order valence-electron chi connectivity index (χ3n) is 3.98. The maximum absolute atomic E-state index is 4.08. The first kappa shape index (κ1) is 15.1. The van der Waals surface area contributed by atoms with E-state index in [4.69, 9.17) is 0 Å². The number of aromatic amines is 1. The molecule has 1 fully saturated rings. The molecule has 0 aliphatic heterocycles. The van der Waals surface area contributed by atoms with Crippen molar-refractivity contribution in [2.24, 2.45) is 5.92 Å². The van der Waals surface area contributed by atoms with Gasteiger partial charge in [-0.3, -0.25) is 5.10 Å². The third-order valence-corrected chi connectivity index (χ3v) is 3.98. The van der Waals surface area contributed by atoms with Gasteiger partial charge in [-0.05, 0) is 38.2 Å². The van der Waals surface area contributed by atoms with E-state index in [0.717, 1.165) is 18.2 Å². The van der Waals surface area contributed by atoms with Gasteiger partial charge in [0.2, 0.25) is 0 Å². The Hall–Kier alpha value is -1.32. The lowest BCUT2D eigenvalue weighted by Crippen LogP contribution is -2.22. The van der Waals surface area contributed by atoms with E-state index in [-0.39, 0.29) is 12.4 Å². The molecule has 3 nitrogen and oxygen atoms in total. The van der Waals surface area contributed by atoms with Crippen LogP contribution in [0.5, 0.6) is 0 Å². The van der Waals surface area contributed by atoms with Gasteiger partial charge in [0.25, 0.3) is 0 Å². The van der Waals surface area contributed by atoms with Crippen molar-refractivity contribution >= 4 is 12.4 Å². The molecule has 108 valence electrons. The van der Waals surface area contributed by atoms with Crippen LogP contribution in [0.2, 0.25) is 0 Å². The van der Waals surface area contributed by atoms with Crippen LogP contribution < -0.4 is 5.32 Å². The highest BCUT2D eigenvalue weighted by atomic mass is 35.5. The minimum absolute atomic E-state index is 0. The van der Waals surface area contributed by atoms with Gasteiger partial charge < -0.3 is 5.32 Å². The Balaban J connectivity index is 0.00000147. The van der Waals surface area contributed by atoms with Crippen molar-refractivity contribution in [1.82, 2.24) is 15.5 Å². The summed E-state index contributed by atoms with van der Waals surface area (Å²) in [4.78, 5) is 0. The van der Waals surface area contributed by atoms with Gasteiger partial charge in [0, 0.05) is 23.8 Å². The molecule has 2 N–H and O–H groups in total. The number of aryl methyl sites for hydroxylation is 2. The van der Waals surface area contributed by atoms with Crippen molar-refractivity contribution < 1.29 is 0 Å². The first-order valence-electron chi connectivity index (χ1n) is 7.03. The van der Waals surface area contributed by atoms with Crippen LogP contribution in [0.15, 0.2) is 30.5 Å². The molecule has 1 aromatic carbocycles. The van der Waals surface area contributed by atoms with Gasteiger partial charge in [0.05, 0.1) is 6.20 Å². The number of H-pyrrole nitrogens is 1. The van der Waals surface area contributed by atoms with Crippen LogP contribution in [-0.2, 0) is 6.54 Å². The number of rotatable bonds is 5. The van der Waals surface area contributed by atoms with Gasteiger partial charge in [-0.15, -0.1) is 12.4 Å². The lowest BCUT2D eigenvalue weighted by molar-refractivity contribution is 0.479.